The first-order valence-corrected chi connectivity index (χ1v) is 15.6. The summed E-state index contributed by atoms with van der Waals surface area (Å²) in [6.07, 6.45) is 4.18. The number of rotatable bonds is 11. The molecule has 2 aromatic rings. The van der Waals surface area contributed by atoms with Gasteiger partial charge in [-0.2, -0.15) is 0 Å². The molecule has 2 aromatic carbocycles. The number of benzene rings is 2. The Hall–Kier alpha value is -3.36. The van der Waals surface area contributed by atoms with Gasteiger partial charge in [0.05, 0.1) is 23.2 Å². The zero-order valence-corrected chi connectivity index (χ0v) is 25.6. The van der Waals surface area contributed by atoms with E-state index in [0.717, 1.165) is 28.8 Å². The van der Waals surface area contributed by atoms with Crippen molar-refractivity contribution in [3.63, 3.8) is 0 Å². The van der Waals surface area contributed by atoms with Crippen LogP contribution in [0.3, 0.4) is 0 Å². The van der Waals surface area contributed by atoms with Crippen LogP contribution in [0.1, 0.15) is 30.0 Å². The highest BCUT2D eigenvalue weighted by Gasteiger charge is 2.76. The van der Waals surface area contributed by atoms with Crippen LogP contribution in [0.2, 0.25) is 0 Å². The Kier molecular flexibility index (Phi) is 8.67. The number of aliphatic hydroxyl groups is 1. The molecule has 5 rings (SSSR count). The van der Waals surface area contributed by atoms with E-state index in [9.17, 15) is 19.5 Å². The number of aryl methyl sites for hydroxylation is 2. The van der Waals surface area contributed by atoms with Crippen LogP contribution < -0.4 is 4.90 Å². The van der Waals surface area contributed by atoms with Gasteiger partial charge in [-0.15, -0.1) is 24.9 Å². The van der Waals surface area contributed by atoms with Crippen molar-refractivity contribution in [2.75, 3.05) is 31.1 Å². The molecule has 1 N–H and O–H groups in total. The van der Waals surface area contributed by atoms with Gasteiger partial charge in [0.1, 0.15) is 6.04 Å². The third-order valence-electron chi connectivity index (χ3n) is 9.27. The van der Waals surface area contributed by atoms with Crippen LogP contribution in [0.25, 0.3) is 0 Å². The second-order valence-corrected chi connectivity index (χ2v) is 13.3. The van der Waals surface area contributed by atoms with Crippen molar-refractivity contribution in [3.8, 4) is 0 Å². The minimum Gasteiger partial charge on any atom is -0.395 e. The molecule has 3 heterocycles. The summed E-state index contributed by atoms with van der Waals surface area (Å²) in [6, 6.07) is 14.9. The van der Waals surface area contributed by atoms with Crippen LogP contribution in [0.15, 0.2) is 73.8 Å². The molecule has 3 aliphatic heterocycles. The molecular formula is C34H41N3O4S. The number of hydrogen-bond acceptors (Lipinski definition) is 5. The topological polar surface area (TPSA) is 81.2 Å². The van der Waals surface area contributed by atoms with Gasteiger partial charge < -0.3 is 19.8 Å². The molecule has 3 amide bonds. The fraction of sp³-hybridized carbons (Fsp3) is 0.441. The number of carbonyl (C=O) groups excluding carboxylic acids is 3. The van der Waals surface area contributed by atoms with Crippen molar-refractivity contribution in [3.05, 3.63) is 90.5 Å². The van der Waals surface area contributed by atoms with Crippen molar-refractivity contribution >= 4 is 35.2 Å². The molecule has 2 bridgehead atoms. The van der Waals surface area contributed by atoms with Crippen LogP contribution in [-0.4, -0.2) is 74.9 Å². The quantitative estimate of drug-likeness (QED) is 0.395. The summed E-state index contributed by atoms with van der Waals surface area (Å²) in [5.74, 6) is -1.62. The number of thioether (sulfide) groups is 1. The highest BCUT2D eigenvalue weighted by atomic mass is 32.2. The van der Waals surface area contributed by atoms with Crippen LogP contribution in [0.4, 0.5) is 5.69 Å². The molecule has 3 unspecified atom stereocenters. The number of β-amino-alcohol motifs (C(OH)–C–C–N with tert-alkyl or cyclic N) is 1. The molecule has 0 saturated carbocycles. The molecule has 6 atom stereocenters. The normalized spacial score (nSPS) is 27.6. The maximum absolute atomic E-state index is 14.8. The summed E-state index contributed by atoms with van der Waals surface area (Å²) < 4.78 is -0.767. The summed E-state index contributed by atoms with van der Waals surface area (Å²) in [7, 11) is 0. The van der Waals surface area contributed by atoms with Gasteiger partial charge in [0.2, 0.25) is 11.8 Å². The van der Waals surface area contributed by atoms with E-state index in [0.29, 0.717) is 13.1 Å². The highest BCUT2D eigenvalue weighted by molar-refractivity contribution is 8.02. The zero-order chi connectivity index (χ0) is 30.2. The molecule has 3 saturated heterocycles. The third-order valence-corrected chi connectivity index (χ3v) is 11.3. The Morgan fingerprint density at radius 1 is 1.05 bits per heavy atom. The maximum Gasteiger partial charge on any atom is 0.251 e. The average molecular weight is 588 g/mol. The van der Waals surface area contributed by atoms with Gasteiger partial charge in [-0.05, 0) is 42.9 Å². The largest absolute Gasteiger partial charge is 0.395 e. The van der Waals surface area contributed by atoms with E-state index in [-0.39, 0.29) is 48.6 Å². The Morgan fingerprint density at radius 2 is 1.71 bits per heavy atom. The Bertz CT molecular complexity index is 1360. The van der Waals surface area contributed by atoms with E-state index in [2.05, 4.69) is 20.1 Å². The van der Waals surface area contributed by atoms with Crippen molar-refractivity contribution < 1.29 is 19.5 Å². The number of nitrogens with zero attached hydrogens (tertiary/aromatic N) is 3. The van der Waals surface area contributed by atoms with Crippen LogP contribution in [-0.2, 0) is 20.9 Å². The standard InChI is InChI=1S/C34H41N3O4S/c1-6-16-35(21-25-14-9-8-10-15-25)31(39)27-26-20-24(5)34(42-26)28(27)32(40)37(18-19-38)30(34)33(41)36(17-7-2)29-22(3)12-11-13-23(29)4/h6-15,24,26-28,30,38H,1-2,16-21H2,3-5H3/t24?,26-,27+,28-,30?,34?/m0/s1. The second-order valence-electron chi connectivity index (χ2n) is 11.8. The molecule has 42 heavy (non-hydrogen) atoms. The lowest BCUT2D eigenvalue weighted by Gasteiger charge is -2.41. The number of likely N-dealkylation sites (tertiary alicyclic amines) is 1. The predicted octanol–water partition coefficient (Wildman–Crippen LogP) is 4.37. The van der Waals surface area contributed by atoms with Gasteiger partial charge in [0.25, 0.3) is 5.91 Å². The van der Waals surface area contributed by atoms with Crippen molar-refractivity contribution in [1.82, 2.24) is 9.80 Å². The summed E-state index contributed by atoms with van der Waals surface area (Å²) in [5.41, 5.74) is 3.75. The SMILES string of the molecule is C=CCN(Cc1ccccc1)C(=O)[C@@H]1[C@@H]2CC(C)C3(S2)C(C(=O)N(CC=C)c2c(C)cccc2C)N(CCO)C(=O)[C@H]13. The van der Waals surface area contributed by atoms with E-state index in [1.165, 1.54) is 0 Å². The lowest BCUT2D eigenvalue weighted by Crippen LogP contribution is -2.58. The van der Waals surface area contributed by atoms with E-state index in [1.54, 1.807) is 38.6 Å². The fourth-order valence-corrected chi connectivity index (χ4v) is 10.0. The van der Waals surface area contributed by atoms with Crippen molar-refractivity contribution in [2.24, 2.45) is 17.8 Å². The number of fused-ring (bicyclic) bond motifs is 1. The van der Waals surface area contributed by atoms with Gasteiger partial charge in [0.15, 0.2) is 0 Å². The lowest BCUT2D eigenvalue weighted by molar-refractivity contribution is -0.144. The van der Waals surface area contributed by atoms with Gasteiger partial charge in [-0.3, -0.25) is 14.4 Å². The summed E-state index contributed by atoms with van der Waals surface area (Å²) >= 11 is 1.65. The molecule has 3 fully saturated rings. The fourth-order valence-electron chi connectivity index (χ4n) is 7.63. The average Bonchev–Trinajstić information content (AvgIpc) is 3.56. The molecule has 0 radical (unpaired) electrons. The highest BCUT2D eigenvalue weighted by Crippen LogP contribution is 2.69. The van der Waals surface area contributed by atoms with Gasteiger partial charge in [0, 0.05) is 37.1 Å². The second kappa shape index (κ2) is 12.1. The van der Waals surface area contributed by atoms with E-state index in [4.69, 9.17) is 0 Å². The molecule has 1 spiro atoms. The first-order chi connectivity index (χ1) is 20.2. The number of hydrogen-bond donors (Lipinski definition) is 1. The molecule has 3 aliphatic rings. The first kappa shape index (κ1) is 30.1. The molecule has 8 heteroatoms. The first-order valence-electron chi connectivity index (χ1n) is 14.7. The van der Waals surface area contributed by atoms with Crippen LogP contribution in [0, 0.1) is 31.6 Å². The molecule has 0 aliphatic carbocycles. The van der Waals surface area contributed by atoms with Gasteiger partial charge in [-0.1, -0.05) is 67.6 Å². The predicted molar refractivity (Wildman–Crippen MR) is 168 cm³/mol. The number of aliphatic hydroxyl groups excluding tert-OH is 1. The molecule has 222 valence electrons. The zero-order valence-electron chi connectivity index (χ0n) is 24.7. The maximum atomic E-state index is 14.8. The molecule has 7 nitrogen and oxygen atoms in total. The molecular weight excluding hydrogens is 546 g/mol. The number of carbonyl (C=O) groups is 3. The van der Waals surface area contributed by atoms with E-state index >= 15 is 0 Å². The van der Waals surface area contributed by atoms with Crippen LogP contribution in [0.5, 0.6) is 0 Å². The Morgan fingerprint density at radius 3 is 2.33 bits per heavy atom. The minimum atomic E-state index is -0.800. The number of amides is 3. The monoisotopic (exact) mass is 587 g/mol. The van der Waals surface area contributed by atoms with Crippen molar-refractivity contribution in [1.29, 1.82) is 0 Å². The Labute approximate surface area is 253 Å². The minimum absolute atomic E-state index is 0.0358. The van der Waals surface area contributed by atoms with E-state index in [1.807, 2.05) is 62.4 Å². The van der Waals surface area contributed by atoms with Gasteiger partial charge in [-0.25, -0.2) is 0 Å². The van der Waals surface area contributed by atoms with Crippen LogP contribution >= 0.6 is 11.8 Å². The number of para-hydroxylation sites is 1. The summed E-state index contributed by atoms with van der Waals surface area (Å²) in [5, 5.41) is 9.99. The smallest absolute Gasteiger partial charge is 0.251 e. The summed E-state index contributed by atoms with van der Waals surface area (Å²) in [4.78, 5) is 48.6. The summed E-state index contributed by atoms with van der Waals surface area (Å²) in [6.45, 7) is 14.7. The Balaban J connectivity index is 1.56. The van der Waals surface area contributed by atoms with Crippen molar-refractivity contribution in [2.45, 2.75) is 49.8 Å². The van der Waals surface area contributed by atoms with Gasteiger partial charge >= 0.3 is 0 Å². The lowest BCUT2D eigenvalue weighted by atomic mass is 9.65. The molecule has 0 aromatic heterocycles. The third kappa shape index (κ3) is 4.78. The van der Waals surface area contributed by atoms with E-state index < -0.39 is 22.6 Å². The number of anilines is 1.